The van der Waals surface area contributed by atoms with Crippen LogP contribution < -0.4 is 5.32 Å². The largest absolute Gasteiger partial charge is 0.381 e. The lowest BCUT2D eigenvalue weighted by Crippen LogP contribution is -2.30. The second-order valence-electron chi connectivity index (χ2n) is 5.77. The van der Waals surface area contributed by atoms with Crippen molar-refractivity contribution in [2.24, 2.45) is 17.8 Å². The highest BCUT2D eigenvalue weighted by Crippen LogP contribution is 2.32. The van der Waals surface area contributed by atoms with Crippen LogP contribution >= 0.6 is 0 Å². The first-order chi connectivity index (χ1) is 8.61. The highest BCUT2D eigenvalue weighted by molar-refractivity contribution is 7.91. The molecule has 5 heteroatoms. The van der Waals surface area contributed by atoms with Gasteiger partial charge in [0.1, 0.15) is 0 Å². The van der Waals surface area contributed by atoms with Crippen LogP contribution in [0.3, 0.4) is 0 Å². The second kappa shape index (κ2) is 6.35. The van der Waals surface area contributed by atoms with E-state index in [0.717, 1.165) is 51.4 Å². The fraction of sp³-hybridized carbons (Fsp3) is 1.00. The Morgan fingerprint density at radius 1 is 1.28 bits per heavy atom. The molecule has 0 aromatic carbocycles. The molecule has 1 N–H and O–H groups in total. The quantitative estimate of drug-likeness (QED) is 0.815. The molecular formula is C13H25NO3S. The first-order valence-corrected chi connectivity index (χ1v) is 8.85. The molecule has 2 unspecified atom stereocenters. The molecule has 2 aliphatic heterocycles. The number of sulfone groups is 1. The first-order valence-electron chi connectivity index (χ1n) is 7.03. The predicted molar refractivity (Wildman–Crippen MR) is 72.3 cm³/mol. The fourth-order valence-corrected chi connectivity index (χ4v) is 5.23. The predicted octanol–water partition coefficient (Wildman–Crippen LogP) is 1.07. The van der Waals surface area contributed by atoms with Gasteiger partial charge in [-0.3, -0.25) is 0 Å². The van der Waals surface area contributed by atoms with Crippen molar-refractivity contribution in [3.8, 4) is 0 Å². The minimum Gasteiger partial charge on any atom is -0.381 e. The highest BCUT2D eigenvalue weighted by Gasteiger charge is 2.34. The van der Waals surface area contributed by atoms with Gasteiger partial charge in [0.15, 0.2) is 9.84 Å². The van der Waals surface area contributed by atoms with Crippen LogP contribution in [0.25, 0.3) is 0 Å². The standard InChI is InChI=1S/C13H25NO3S/c1-14-9-13(8-11-2-5-17-6-3-11)12-4-7-18(15,16)10-12/h11-14H,2-10H2,1H3. The van der Waals surface area contributed by atoms with Gasteiger partial charge in [0, 0.05) is 13.2 Å². The van der Waals surface area contributed by atoms with Gasteiger partial charge in [0.2, 0.25) is 0 Å². The van der Waals surface area contributed by atoms with Gasteiger partial charge in [-0.25, -0.2) is 8.42 Å². The Kier molecular flexibility index (Phi) is 5.04. The van der Waals surface area contributed by atoms with Crippen LogP contribution in [0, 0.1) is 17.8 Å². The minimum atomic E-state index is -2.75. The molecule has 2 atom stereocenters. The Balaban J connectivity index is 1.90. The Morgan fingerprint density at radius 2 is 2.00 bits per heavy atom. The molecule has 18 heavy (non-hydrogen) atoms. The van der Waals surface area contributed by atoms with Gasteiger partial charge in [0.25, 0.3) is 0 Å². The zero-order valence-electron chi connectivity index (χ0n) is 11.2. The maximum atomic E-state index is 11.6. The summed E-state index contributed by atoms with van der Waals surface area (Å²) in [6, 6.07) is 0. The molecule has 0 saturated carbocycles. The van der Waals surface area contributed by atoms with E-state index in [0.29, 0.717) is 23.3 Å². The molecule has 106 valence electrons. The summed E-state index contributed by atoms with van der Waals surface area (Å²) in [7, 11) is -0.793. The summed E-state index contributed by atoms with van der Waals surface area (Å²) in [5.41, 5.74) is 0. The summed E-state index contributed by atoms with van der Waals surface area (Å²) in [6.07, 6.45) is 4.29. The van der Waals surface area contributed by atoms with Gasteiger partial charge < -0.3 is 10.1 Å². The van der Waals surface area contributed by atoms with E-state index >= 15 is 0 Å². The number of hydrogen-bond acceptors (Lipinski definition) is 4. The van der Waals surface area contributed by atoms with E-state index < -0.39 is 9.84 Å². The van der Waals surface area contributed by atoms with Crippen molar-refractivity contribution in [2.45, 2.75) is 25.7 Å². The average Bonchev–Trinajstić information content (AvgIpc) is 2.70. The molecule has 0 aromatic heterocycles. The third-order valence-electron chi connectivity index (χ3n) is 4.38. The van der Waals surface area contributed by atoms with Gasteiger partial charge in [-0.2, -0.15) is 0 Å². The first kappa shape index (κ1) is 14.3. The molecule has 0 radical (unpaired) electrons. The molecule has 2 fully saturated rings. The van der Waals surface area contributed by atoms with Gasteiger partial charge in [-0.15, -0.1) is 0 Å². The van der Waals surface area contributed by atoms with Crippen molar-refractivity contribution in [3.05, 3.63) is 0 Å². The zero-order valence-corrected chi connectivity index (χ0v) is 12.0. The molecule has 0 spiro atoms. The van der Waals surface area contributed by atoms with E-state index in [-0.39, 0.29) is 0 Å². The molecule has 2 saturated heterocycles. The monoisotopic (exact) mass is 275 g/mol. The third kappa shape index (κ3) is 3.93. The maximum Gasteiger partial charge on any atom is 0.150 e. The van der Waals surface area contributed by atoms with Gasteiger partial charge in [0.05, 0.1) is 11.5 Å². The van der Waals surface area contributed by atoms with Crippen molar-refractivity contribution in [3.63, 3.8) is 0 Å². The van der Waals surface area contributed by atoms with Crippen molar-refractivity contribution in [2.75, 3.05) is 38.3 Å². The Bertz CT molecular complexity index is 349. The number of hydrogen-bond donors (Lipinski definition) is 1. The maximum absolute atomic E-state index is 11.6. The molecule has 0 aromatic rings. The minimum absolute atomic E-state index is 0.366. The van der Waals surface area contributed by atoms with Gasteiger partial charge in [-0.05, 0) is 57.0 Å². The molecular weight excluding hydrogens is 250 g/mol. The zero-order chi connectivity index (χ0) is 13.0. The molecule has 4 nitrogen and oxygen atoms in total. The van der Waals surface area contributed by atoms with E-state index in [1.54, 1.807) is 0 Å². The van der Waals surface area contributed by atoms with Crippen LogP contribution in [0.5, 0.6) is 0 Å². The van der Waals surface area contributed by atoms with Crippen LogP contribution in [0.1, 0.15) is 25.7 Å². The van der Waals surface area contributed by atoms with Crippen LogP contribution in [0.4, 0.5) is 0 Å². The summed E-state index contributed by atoms with van der Waals surface area (Å²) in [5.74, 6) is 2.40. The van der Waals surface area contributed by atoms with Crippen LogP contribution in [0.15, 0.2) is 0 Å². The van der Waals surface area contributed by atoms with E-state index in [1.807, 2.05) is 7.05 Å². The lowest BCUT2D eigenvalue weighted by Gasteiger charge is -2.29. The SMILES string of the molecule is CNCC(CC1CCOCC1)C1CCS(=O)(=O)C1. The Labute approximate surface area is 110 Å². The fourth-order valence-electron chi connectivity index (χ4n) is 3.31. The van der Waals surface area contributed by atoms with Crippen molar-refractivity contribution in [1.29, 1.82) is 0 Å². The van der Waals surface area contributed by atoms with E-state index in [9.17, 15) is 8.42 Å². The molecule has 0 bridgehead atoms. The number of nitrogens with one attached hydrogen (secondary N) is 1. The lowest BCUT2D eigenvalue weighted by molar-refractivity contribution is 0.0554. The Morgan fingerprint density at radius 3 is 2.56 bits per heavy atom. The highest BCUT2D eigenvalue weighted by atomic mass is 32.2. The van der Waals surface area contributed by atoms with Crippen molar-refractivity contribution < 1.29 is 13.2 Å². The molecule has 2 heterocycles. The van der Waals surface area contributed by atoms with Gasteiger partial charge in [-0.1, -0.05) is 0 Å². The van der Waals surface area contributed by atoms with E-state index in [4.69, 9.17) is 4.74 Å². The van der Waals surface area contributed by atoms with Gasteiger partial charge >= 0.3 is 0 Å². The lowest BCUT2D eigenvalue weighted by atomic mass is 9.81. The van der Waals surface area contributed by atoms with Crippen LogP contribution in [-0.4, -0.2) is 46.7 Å². The summed E-state index contributed by atoms with van der Waals surface area (Å²) < 4.78 is 28.6. The topological polar surface area (TPSA) is 55.4 Å². The summed E-state index contributed by atoms with van der Waals surface area (Å²) in [4.78, 5) is 0. The van der Waals surface area contributed by atoms with Crippen molar-refractivity contribution in [1.82, 2.24) is 5.32 Å². The number of ether oxygens (including phenoxy) is 1. The number of rotatable bonds is 5. The summed E-state index contributed by atoms with van der Waals surface area (Å²) in [5, 5.41) is 3.24. The normalized spacial score (nSPS) is 30.4. The van der Waals surface area contributed by atoms with Crippen LogP contribution in [0.2, 0.25) is 0 Å². The van der Waals surface area contributed by atoms with Crippen LogP contribution in [-0.2, 0) is 14.6 Å². The Hall–Kier alpha value is -0.130. The molecule has 2 rings (SSSR count). The third-order valence-corrected chi connectivity index (χ3v) is 6.17. The average molecular weight is 275 g/mol. The van der Waals surface area contributed by atoms with E-state index in [1.165, 1.54) is 0 Å². The molecule has 0 aliphatic carbocycles. The van der Waals surface area contributed by atoms with Crippen molar-refractivity contribution >= 4 is 9.84 Å². The molecule has 0 amide bonds. The smallest absolute Gasteiger partial charge is 0.150 e. The van der Waals surface area contributed by atoms with E-state index in [2.05, 4.69) is 5.32 Å². The summed E-state index contributed by atoms with van der Waals surface area (Å²) >= 11 is 0. The summed E-state index contributed by atoms with van der Waals surface area (Å²) in [6.45, 7) is 2.69. The second-order valence-corrected chi connectivity index (χ2v) is 8.00. The molecule has 2 aliphatic rings.